The zero-order valence-electron chi connectivity index (χ0n) is 23.1. The number of benzene rings is 1. The number of rotatable bonds is 6. The molecule has 1 N–H and O–H groups in total. The van der Waals surface area contributed by atoms with Gasteiger partial charge in [-0.15, -0.1) is 0 Å². The van der Waals surface area contributed by atoms with E-state index >= 15 is 0 Å². The van der Waals surface area contributed by atoms with E-state index in [-0.39, 0.29) is 47.2 Å². The number of allylic oxidation sites excluding steroid dienone is 3. The highest BCUT2D eigenvalue weighted by Crippen LogP contribution is 2.46. The van der Waals surface area contributed by atoms with Crippen molar-refractivity contribution in [3.63, 3.8) is 0 Å². The molecule has 9 heteroatoms. The summed E-state index contributed by atoms with van der Waals surface area (Å²) in [5, 5.41) is 3.54. The molecule has 40 heavy (non-hydrogen) atoms. The van der Waals surface area contributed by atoms with E-state index < -0.39 is 5.54 Å². The lowest BCUT2D eigenvalue weighted by Gasteiger charge is -2.49. The molecule has 0 saturated heterocycles. The minimum absolute atomic E-state index is 0.0853. The second-order valence-electron chi connectivity index (χ2n) is 11.0. The van der Waals surface area contributed by atoms with E-state index in [4.69, 9.17) is 16.0 Å². The number of para-hydroxylation sites is 1. The number of likely N-dealkylation sites (N-methyl/N-ethyl adjacent to an activating group) is 1. The molecule has 208 valence electrons. The van der Waals surface area contributed by atoms with Crippen LogP contribution in [0.25, 0.3) is 0 Å². The van der Waals surface area contributed by atoms with E-state index in [0.717, 1.165) is 11.4 Å². The second kappa shape index (κ2) is 10.9. The van der Waals surface area contributed by atoms with Crippen molar-refractivity contribution in [2.75, 3.05) is 25.5 Å². The fraction of sp³-hybridized carbons (Fsp3) is 0.355. The number of nitrogens with one attached hydrogen (secondary N) is 1. The molecule has 0 radical (unpaired) electrons. The number of hydrogen-bond donors (Lipinski definition) is 1. The van der Waals surface area contributed by atoms with Gasteiger partial charge in [0.1, 0.15) is 11.5 Å². The van der Waals surface area contributed by atoms with Crippen LogP contribution in [0.15, 0.2) is 93.0 Å². The third-order valence-corrected chi connectivity index (χ3v) is 8.31. The van der Waals surface area contributed by atoms with Crippen LogP contribution in [0, 0.1) is 5.92 Å². The molecule has 3 unspecified atom stereocenters. The maximum absolute atomic E-state index is 14.0. The van der Waals surface area contributed by atoms with Crippen molar-refractivity contribution in [3.8, 4) is 0 Å². The van der Waals surface area contributed by atoms with Crippen LogP contribution >= 0.6 is 11.6 Å². The first-order chi connectivity index (χ1) is 19.1. The number of carbonyl (C=O) groups excluding carboxylic acids is 3. The third-order valence-electron chi connectivity index (χ3n) is 8.05. The summed E-state index contributed by atoms with van der Waals surface area (Å²) in [6.45, 7) is 3.93. The Morgan fingerprint density at radius 2 is 1.98 bits per heavy atom. The molecule has 1 aromatic carbocycles. The molecular weight excluding hydrogens is 528 g/mol. The summed E-state index contributed by atoms with van der Waals surface area (Å²) in [6, 6.07) is 9.49. The van der Waals surface area contributed by atoms with Gasteiger partial charge in [-0.3, -0.25) is 14.4 Å². The number of fused-ring (bicyclic) bond motifs is 1. The van der Waals surface area contributed by atoms with Crippen LogP contribution in [0.4, 0.5) is 5.69 Å². The number of carbonyl (C=O) groups is 3. The summed E-state index contributed by atoms with van der Waals surface area (Å²) in [5.41, 5.74) is 1.55. The maximum Gasteiger partial charge on any atom is 0.270 e. The van der Waals surface area contributed by atoms with Crippen LogP contribution in [-0.4, -0.2) is 53.7 Å². The van der Waals surface area contributed by atoms with Crippen molar-refractivity contribution in [2.24, 2.45) is 5.92 Å². The van der Waals surface area contributed by atoms with Gasteiger partial charge in [0.25, 0.3) is 5.91 Å². The van der Waals surface area contributed by atoms with Crippen LogP contribution in [0.2, 0.25) is 0 Å². The van der Waals surface area contributed by atoms with Gasteiger partial charge < -0.3 is 19.5 Å². The summed E-state index contributed by atoms with van der Waals surface area (Å²) in [4.78, 5) is 48.5. The first-order valence-electron chi connectivity index (χ1n) is 13.4. The van der Waals surface area contributed by atoms with E-state index in [9.17, 15) is 14.4 Å². The predicted molar refractivity (Wildman–Crippen MR) is 153 cm³/mol. The topological polar surface area (TPSA) is 95.8 Å². The number of amides is 2. The van der Waals surface area contributed by atoms with Gasteiger partial charge in [-0.2, -0.15) is 0 Å². The summed E-state index contributed by atoms with van der Waals surface area (Å²) in [6.07, 6.45) is 10.1. The first kappa shape index (κ1) is 27.6. The Bertz CT molecular complexity index is 1460. The molecule has 5 rings (SSSR count). The molecule has 0 bridgehead atoms. The largest absolute Gasteiger partial charge is 0.448 e. The summed E-state index contributed by atoms with van der Waals surface area (Å²) in [5.74, 6) is 0.302. The second-order valence-corrected chi connectivity index (χ2v) is 11.5. The Morgan fingerprint density at radius 3 is 2.62 bits per heavy atom. The first-order valence-corrected chi connectivity index (χ1v) is 13.8. The van der Waals surface area contributed by atoms with Crippen LogP contribution < -0.4 is 10.2 Å². The molecule has 3 atom stereocenters. The number of nitrogens with zero attached hydrogens (tertiary/aromatic N) is 3. The fourth-order valence-electron chi connectivity index (χ4n) is 5.95. The lowest BCUT2D eigenvalue weighted by atomic mass is 9.74. The van der Waals surface area contributed by atoms with Gasteiger partial charge in [0.2, 0.25) is 5.91 Å². The molecule has 3 aliphatic rings. The van der Waals surface area contributed by atoms with Crippen molar-refractivity contribution in [3.05, 3.63) is 94.4 Å². The monoisotopic (exact) mass is 560 g/mol. The molecule has 2 aliphatic carbocycles. The third kappa shape index (κ3) is 4.92. The van der Waals surface area contributed by atoms with Gasteiger partial charge in [-0.1, -0.05) is 48.9 Å². The van der Waals surface area contributed by atoms with Crippen molar-refractivity contribution >= 4 is 34.9 Å². The molecule has 0 fully saturated rings. The van der Waals surface area contributed by atoms with Gasteiger partial charge >= 0.3 is 0 Å². The van der Waals surface area contributed by atoms with E-state index in [0.29, 0.717) is 35.4 Å². The van der Waals surface area contributed by atoms with E-state index in [1.54, 1.807) is 32.4 Å². The van der Waals surface area contributed by atoms with Crippen molar-refractivity contribution in [1.82, 2.24) is 15.2 Å². The van der Waals surface area contributed by atoms with Crippen LogP contribution in [-0.2, 0) is 14.4 Å². The standard InChI is InChI=1S/C31H33ClN4O4/c1-19-14-20(10-12-23(19)26-17-33-18-40-26)29(38)34-16-24-27(30(39)35(3)4)36(22-8-6-5-7-9-22)31(2)15-21(32)11-13-25(31)28(24)37/h5-11,13,17-19,23H,12,14-16H2,1-4H3,(H,34,38). The number of aromatic nitrogens is 1. The Hall–Kier alpha value is -3.91. The van der Waals surface area contributed by atoms with Crippen molar-refractivity contribution in [2.45, 2.75) is 44.6 Å². The Kier molecular flexibility index (Phi) is 7.55. The highest BCUT2D eigenvalue weighted by atomic mass is 35.5. The SMILES string of the molecule is CC1CC(C(=O)NCC2=C(C(=O)N(C)C)N(c3ccccc3)C3(C)CC(Cl)=CC=C3C2=O)=CCC1c1cnco1. The van der Waals surface area contributed by atoms with Gasteiger partial charge in [-0.05, 0) is 43.9 Å². The molecule has 2 amide bonds. The average molecular weight is 561 g/mol. The molecular formula is C31H33ClN4O4. The number of Topliss-reactive ketones (excluding diaryl/α,β-unsaturated/α-hetero) is 1. The highest BCUT2D eigenvalue weighted by molar-refractivity contribution is 6.30. The molecule has 2 aromatic rings. The Morgan fingerprint density at radius 1 is 1.23 bits per heavy atom. The quantitative estimate of drug-likeness (QED) is 0.541. The average Bonchev–Trinajstić information content (AvgIpc) is 3.46. The minimum Gasteiger partial charge on any atom is -0.448 e. The number of halogens is 1. The zero-order valence-corrected chi connectivity index (χ0v) is 23.9. The van der Waals surface area contributed by atoms with E-state index in [1.807, 2.05) is 48.2 Å². The van der Waals surface area contributed by atoms with Crippen LogP contribution in [0.3, 0.4) is 0 Å². The molecule has 1 aliphatic heterocycles. The molecule has 0 saturated carbocycles. The lowest BCUT2D eigenvalue weighted by Crippen LogP contribution is -2.57. The smallest absolute Gasteiger partial charge is 0.270 e. The van der Waals surface area contributed by atoms with Gasteiger partial charge in [-0.25, -0.2) is 4.98 Å². The predicted octanol–water partition coefficient (Wildman–Crippen LogP) is 4.87. The molecule has 1 aromatic heterocycles. The van der Waals surface area contributed by atoms with Crippen LogP contribution in [0.5, 0.6) is 0 Å². The van der Waals surface area contributed by atoms with Crippen LogP contribution in [0.1, 0.15) is 44.8 Å². The van der Waals surface area contributed by atoms with Gasteiger partial charge in [0, 0.05) is 60.4 Å². The summed E-state index contributed by atoms with van der Waals surface area (Å²) < 4.78 is 5.49. The normalized spacial score (nSPS) is 24.6. The lowest BCUT2D eigenvalue weighted by molar-refractivity contribution is -0.126. The number of oxazole rings is 1. The van der Waals surface area contributed by atoms with Crippen molar-refractivity contribution < 1.29 is 18.8 Å². The molecule has 0 spiro atoms. The fourth-order valence-corrected chi connectivity index (χ4v) is 6.27. The van der Waals surface area contributed by atoms with E-state index in [1.165, 1.54) is 11.3 Å². The Balaban J connectivity index is 1.51. The van der Waals surface area contributed by atoms with E-state index in [2.05, 4.69) is 17.2 Å². The highest BCUT2D eigenvalue weighted by Gasteiger charge is 2.50. The summed E-state index contributed by atoms with van der Waals surface area (Å²) >= 11 is 6.49. The number of hydrogen-bond acceptors (Lipinski definition) is 6. The minimum atomic E-state index is -0.879. The summed E-state index contributed by atoms with van der Waals surface area (Å²) in [7, 11) is 3.31. The maximum atomic E-state index is 14.0. The van der Waals surface area contributed by atoms with Crippen molar-refractivity contribution in [1.29, 1.82) is 0 Å². The number of anilines is 1. The van der Waals surface area contributed by atoms with Gasteiger partial charge in [0.15, 0.2) is 12.2 Å². The zero-order chi connectivity index (χ0) is 28.6. The number of ketones is 1. The van der Waals surface area contributed by atoms with Gasteiger partial charge in [0.05, 0.1) is 11.7 Å². The molecule has 2 heterocycles. The molecule has 8 nitrogen and oxygen atoms in total. The Labute approximate surface area is 239 Å².